The summed E-state index contributed by atoms with van der Waals surface area (Å²) in [7, 11) is 0. The van der Waals surface area contributed by atoms with E-state index in [1.165, 1.54) is 0 Å². The predicted octanol–water partition coefficient (Wildman–Crippen LogP) is 2.80. The van der Waals surface area contributed by atoms with E-state index in [-0.39, 0.29) is 6.61 Å². The molecular weight excluding hydrogens is 282 g/mol. The molecule has 0 heterocycles. The molecule has 0 aliphatic heterocycles. The molecule has 0 aliphatic carbocycles. The van der Waals surface area contributed by atoms with Gasteiger partial charge in [0.05, 0.1) is 6.54 Å². The summed E-state index contributed by atoms with van der Waals surface area (Å²) in [5.41, 5.74) is 1.48. The molecule has 5 nitrogen and oxygen atoms in total. The van der Waals surface area contributed by atoms with E-state index in [0.717, 1.165) is 11.8 Å². The lowest BCUT2D eigenvalue weighted by Crippen LogP contribution is -2.28. The summed E-state index contributed by atoms with van der Waals surface area (Å²) >= 11 is 0. The van der Waals surface area contributed by atoms with Crippen LogP contribution in [0.25, 0.3) is 0 Å². The number of nitrogens with one attached hydrogen (secondary N) is 1. The zero-order valence-electron chi connectivity index (χ0n) is 12.0. The molecular formula is C17H17NO4. The van der Waals surface area contributed by atoms with Gasteiger partial charge in [-0.1, -0.05) is 42.5 Å². The van der Waals surface area contributed by atoms with E-state index in [2.05, 4.69) is 5.32 Å². The molecule has 0 saturated heterocycles. The predicted molar refractivity (Wildman–Crippen MR) is 82.0 cm³/mol. The molecule has 0 aliphatic rings. The zero-order chi connectivity index (χ0) is 15.6. The molecule has 0 unspecified atom stereocenters. The molecule has 1 amide bonds. The second-order valence-corrected chi connectivity index (χ2v) is 4.53. The van der Waals surface area contributed by atoms with Gasteiger partial charge in [-0.15, -0.1) is 0 Å². The third-order valence-electron chi connectivity index (χ3n) is 2.85. The van der Waals surface area contributed by atoms with Crippen molar-refractivity contribution in [1.82, 2.24) is 5.32 Å². The Morgan fingerprint density at radius 2 is 1.91 bits per heavy atom. The number of rotatable bonds is 7. The molecule has 2 rings (SSSR count). The Morgan fingerprint density at radius 3 is 2.68 bits per heavy atom. The molecule has 2 aromatic rings. The van der Waals surface area contributed by atoms with E-state index in [1.807, 2.05) is 30.3 Å². The van der Waals surface area contributed by atoms with Gasteiger partial charge < -0.3 is 14.8 Å². The molecule has 2 aromatic carbocycles. The standard InChI is InChI=1S/C17H17NO4/c19-12-15-7-4-8-16(11-15)21-10-9-18-17(20)22-13-14-5-2-1-3-6-14/h1-8,11-12H,9-10,13H2,(H,18,20). The minimum atomic E-state index is -0.492. The van der Waals surface area contributed by atoms with Crippen LogP contribution >= 0.6 is 0 Å². The van der Waals surface area contributed by atoms with Crippen molar-refractivity contribution in [2.75, 3.05) is 13.2 Å². The first-order valence-electron chi connectivity index (χ1n) is 6.90. The average molecular weight is 299 g/mol. The number of amides is 1. The Kier molecular flexibility index (Phi) is 5.99. The highest BCUT2D eigenvalue weighted by molar-refractivity contribution is 5.75. The molecule has 114 valence electrons. The lowest BCUT2D eigenvalue weighted by atomic mass is 10.2. The van der Waals surface area contributed by atoms with Crippen LogP contribution in [0.3, 0.4) is 0 Å². The number of carbonyl (C=O) groups excluding carboxylic acids is 2. The number of alkyl carbamates (subject to hydrolysis) is 1. The van der Waals surface area contributed by atoms with Gasteiger partial charge in [0.1, 0.15) is 25.2 Å². The normalized spacial score (nSPS) is 9.82. The van der Waals surface area contributed by atoms with Gasteiger partial charge in [-0.3, -0.25) is 4.79 Å². The van der Waals surface area contributed by atoms with Crippen LogP contribution < -0.4 is 10.1 Å². The molecule has 0 radical (unpaired) electrons. The Bertz CT molecular complexity index is 613. The minimum Gasteiger partial charge on any atom is -0.492 e. The van der Waals surface area contributed by atoms with Crippen LogP contribution in [0.5, 0.6) is 5.75 Å². The Hall–Kier alpha value is -2.82. The van der Waals surface area contributed by atoms with Crippen molar-refractivity contribution in [3.63, 3.8) is 0 Å². The minimum absolute atomic E-state index is 0.231. The highest BCUT2D eigenvalue weighted by Crippen LogP contribution is 2.11. The van der Waals surface area contributed by atoms with Crippen LogP contribution in [0.2, 0.25) is 0 Å². The number of hydrogen-bond acceptors (Lipinski definition) is 4. The largest absolute Gasteiger partial charge is 0.492 e. The number of carbonyl (C=O) groups is 2. The molecule has 0 atom stereocenters. The monoisotopic (exact) mass is 299 g/mol. The van der Waals surface area contributed by atoms with Crippen LogP contribution in [0, 0.1) is 0 Å². The van der Waals surface area contributed by atoms with Crippen molar-refractivity contribution in [3.8, 4) is 5.75 Å². The van der Waals surface area contributed by atoms with Crippen molar-refractivity contribution in [2.24, 2.45) is 0 Å². The van der Waals surface area contributed by atoms with E-state index in [4.69, 9.17) is 9.47 Å². The maximum atomic E-state index is 11.5. The van der Waals surface area contributed by atoms with Crippen molar-refractivity contribution in [1.29, 1.82) is 0 Å². The van der Waals surface area contributed by atoms with Crippen LogP contribution in [0.4, 0.5) is 4.79 Å². The third-order valence-corrected chi connectivity index (χ3v) is 2.85. The molecule has 5 heteroatoms. The summed E-state index contributed by atoms with van der Waals surface area (Å²) in [4.78, 5) is 22.1. The fraction of sp³-hybridized carbons (Fsp3) is 0.176. The molecule has 1 N–H and O–H groups in total. The van der Waals surface area contributed by atoms with E-state index >= 15 is 0 Å². The first-order valence-corrected chi connectivity index (χ1v) is 6.90. The van der Waals surface area contributed by atoms with Gasteiger partial charge in [-0.25, -0.2) is 4.79 Å². The van der Waals surface area contributed by atoms with Gasteiger partial charge >= 0.3 is 6.09 Å². The van der Waals surface area contributed by atoms with E-state index in [9.17, 15) is 9.59 Å². The van der Waals surface area contributed by atoms with E-state index in [0.29, 0.717) is 24.5 Å². The summed E-state index contributed by atoms with van der Waals surface area (Å²) in [5, 5.41) is 2.60. The van der Waals surface area contributed by atoms with Crippen molar-refractivity contribution < 1.29 is 19.1 Å². The third kappa shape index (κ3) is 5.28. The van der Waals surface area contributed by atoms with Crippen LogP contribution in [-0.4, -0.2) is 25.5 Å². The molecule has 0 fully saturated rings. The van der Waals surface area contributed by atoms with Crippen molar-refractivity contribution in [3.05, 3.63) is 65.7 Å². The Morgan fingerprint density at radius 1 is 1.09 bits per heavy atom. The SMILES string of the molecule is O=Cc1cccc(OCCNC(=O)OCc2ccccc2)c1. The summed E-state index contributed by atoms with van der Waals surface area (Å²) in [6, 6.07) is 16.3. The van der Waals surface area contributed by atoms with Crippen molar-refractivity contribution in [2.45, 2.75) is 6.61 Å². The van der Waals surface area contributed by atoms with Crippen LogP contribution in [0.1, 0.15) is 15.9 Å². The van der Waals surface area contributed by atoms with Gasteiger partial charge in [0.15, 0.2) is 0 Å². The van der Waals surface area contributed by atoms with Gasteiger partial charge in [-0.05, 0) is 17.7 Å². The van der Waals surface area contributed by atoms with E-state index < -0.39 is 6.09 Å². The maximum absolute atomic E-state index is 11.5. The quantitative estimate of drug-likeness (QED) is 0.630. The Balaban J connectivity index is 1.63. The Labute approximate surface area is 128 Å². The summed E-state index contributed by atoms with van der Waals surface area (Å²) in [6.45, 7) is 0.844. The fourth-order valence-corrected chi connectivity index (χ4v) is 1.77. The summed E-state index contributed by atoms with van der Waals surface area (Å²) in [5.74, 6) is 0.587. The molecule has 0 aromatic heterocycles. The first kappa shape index (κ1) is 15.6. The highest BCUT2D eigenvalue weighted by Gasteiger charge is 2.02. The molecule has 22 heavy (non-hydrogen) atoms. The van der Waals surface area contributed by atoms with Crippen LogP contribution in [0.15, 0.2) is 54.6 Å². The van der Waals surface area contributed by atoms with Crippen LogP contribution in [-0.2, 0) is 11.3 Å². The topological polar surface area (TPSA) is 64.6 Å². The van der Waals surface area contributed by atoms with Gasteiger partial charge in [0, 0.05) is 5.56 Å². The molecule has 0 saturated carbocycles. The number of ether oxygens (including phenoxy) is 2. The summed E-state index contributed by atoms with van der Waals surface area (Å²) < 4.78 is 10.5. The van der Waals surface area contributed by atoms with Gasteiger partial charge in [0.25, 0.3) is 0 Å². The first-order chi connectivity index (χ1) is 10.8. The van der Waals surface area contributed by atoms with E-state index in [1.54, 1.807) is 24.3 Å². The second kappa shape index (κ2) is 8.46. The molecule has 0 spiro atoms. The lowest BCUT2D eigenvalue weighted by Gasteiger charge is -2.09. The average Bonchev–Trinajstić information content (AvgIpc) is 2.58. The zero-order valence-corrected chi connectivity index (χ0v) is 12.0. The number of benzene rings is 2. The molecule has 0 bridgehead atoms. The van der Waals surface area contributed by atoms with Gasteiger partial charge in [0.2, 0.25) is 0 Å². The second-order valence-electron chi connectivity index (χ2n) is 4.53. The highest BCUT2D eigenvalue weighted by atomic mass is 16.5. The maximum Gasteiger partial charge on any atom is 0.407 e. The number of aldehydes is 1. The number of hydrogen-bond donors (Lipinski definition) is 1. The van der Waals surface area contributed by atoms with Gasteiger partial charge in [-0.2, -0.15) is 0 Å². The smallest absolute Gasteiger partial charge is 0.407 e. The van der Waals surface area contributed by atoms with Crippen molar-refractivity contribution >= 4 is 12.4 Å². The fourth-order valence-electron chi connectivity index (χ4n) is 1.77. The summed E-state index contributed by atoms with van der Waals surface area (Å²) in [6.07, 6.45) is 0.264. The lowest BCUT2D eigenvalue weighted by molar-refractivity contribution is 0.112.